The fourth-order valence-electron chi connectivity index (χ4n) is 2.24. The highest BCUT2D eigenvalue weighted by Gasteiger charge is 2.07. The summed E-state index contributed by atoms with van der Waals surface area (Å²) in [6, 6.07) is 0. The molecule has 3 heteroatoms. The standard InChI is InChI=1S/2C7H12.3C3H6O/c2*1-6-3-4-7(2)5-6;3*1-3(2)4/h2*3,7H,4-5H2,1-2H3;3*1-2H3. The fourth-order valence-corrected chi connectivity index (χ4v) is 2.24. The van der Waals surface area contributed by atoms with Crippen LogP contribution in [0, 0.1) is 11.8 Å². The zero-order valence-electron chi connectivity index (χ0n) is 18.9. The molecule has 0 aromatic rings. The molecule has 0 amide bonds. The van der Waals surface area contributed by atoms with E-state index in [4.69, 9.17) is 0 Å². The Morgan fingerprint density at radius 1 is 0.654 bits per heavy atom. The lowest BCUT2D eigenvalue weighted by Crippen LogP contribution is -1.82. The van der Waals surface area contributed by atoms with E-state index >= 15 is 0 Å². The van der Waals surface area contributed by atoms with Gasteiger partial charge in [-0.1, -0.05) is 37.1 Å². The first-order valence-corrected chi connectivity index (χ1v) is 9.50. The van der Waals surface area contributed by atoms with Crippen molar-refractivity contribution in [1.82, 2.24) is 0 Å². The summed E-state index contributed by atoms with van der Waals surface area (Å²) in [6.45, 7) is 18.2. The molecule has 2 rings (SSSR count). The van der Waals surface area contributed by atoms with E-state index in [1.165, 1.54) is 67.2 Å². The summed E-state index contributed by atoms with van der Waals surface area (Å²) in [4.78, 5) is 28.3. The van der Waals surface area contributed by atoms with E-state index in [1.807, 2.05) is 0 Å². The number of hydrogen-bond donors (Lipinski definition) is 0. The molecule has 2 atom stereocenters. The summed E-state index contributed by atoms with van der Waals surface area (Å²) in [7, 11) is 0. The molecule has 0 saturated carbocycles. The minimum Gasteiger partial charge on any atom is -0.300 e. The van der Waals surface area contributed by atoms with Gasteiger partial charge in [0.1, 0.15) is 17.3 Å². The molecule has 2 aliphatic rings. The van der Waals surface area contributed by atoms with Crippen LogP contribution in [0.25, 0.3) is 0 Å². The molecule has 0 aromatic carbocycles. The van der Waals surface area contributed by atoms with Gasteiger partial charge >= 0.3 is 0 Å². The van der Waals surface area contributed by atoms with Crippen LogP contribution in [0.3, 0.4) is 0 Å². The molecule has 0 saturated heterocycles. The summed E-state index contributed by atoms with van der Waals surface area (Å²) in [5, 5.41) is 0. The Morgan fingerprint density at radius 2 is 0.846 bits per heavy atom. The average Bonchev–Trinajstić information content (AvgIpc) is 2.96. The summed E-state index contributed by atoms with van der Waals surface area (Å²) >= 11 is 0. The first-order chi connectivity index (χ1) is 11.8. The maximum atomic E-state index is 9.44. The average molecular weight is 367 g/mol. The summed E-state index contributed by atoms with van der Waals surface area (Å²) in [5.74, 6) is 2.36. The topological polar surface area (TPSA) is 51.2 Å². The van der Waals surface area contributed by atoms with Crippen molar-refractivity contribution in [3.05, 3.63) is 23.3 Å². The van der Waals surface area contributed by atoms with E-state index in [-0.39, 0.29) is 17.3 Å². The van der Waals surface area contributed by atoms with E-state index in [0.717, 1.165) is 11.8 Å². The minimum absolute atomic E-state index is 0.167. The predicted octanol–water partition coefficient (Wildman–Crippen LogP) is 6.51. The third-order valence-electron chi connectivity index (χ3n) is 3.08. The monoisotopic (exact) mass is 366 g/mol. The molecule has 0 spiro atoms. The van der Waals surface area contributed by atoms with Gasteiger partial charge in [0.05, 0.1) is 0 Å². The first-order valence-electron chi connectivity index (χ1n) is 9.50. The van der Waals surface area contributed by atoms with Gasteiger partial charge in [-0.2, -0.15) is 0 Å². The van der Waals surface area contributed by atoms with Crippen molar-refractivity contribution in [2.45, 2.75) is 94.9 Å². The summed E-state index contributed by atoms with van der Waals surface area (Å²) in [6.07, 6.45) is 9.97. The van der Waals surface area contributed by atoms with E-state index in [1.54, 1.807) is 11.1 Å². The van der Waals surface area contributed by atoms with Crippen molar-refractivity contribution in [3.8, 4) is 0 Å². The van der Waals surface area contributed by atoms with Crippen LogP contribution in [-0.4, -0.2) is 17.3 Å². The van der Waals surface area contributed by atoms with Crippen LogP contribution in [-0.2, 0) is 14.4 Å². The van der Waals surface area contributed by atoms with Gasteiger partial charge in [0.15, 0.2) is 0 Å². The van der Waals surface area contributed by atoms with Crippen LogP contribution in [0.4, 0.5) is 0 Å². The number of hydrogen-bond acceptors (Lipinski definition) is 3. The van der Waals surface area contributed by atoms with Crippen molar-refractivity contribution < 1.29 is 14.4 Å². The van der Waals surface area contributed by atoms with E-state index in [9.17, 15) is 14.4 Å². The lowest BCUT2D eigenvalue weighted by molar-refractivity contribution is -0.115. The van der Waals surface area contributed by atoms with Gasteiger partial charge < -0.3 is 14.4 Å². The highest BCUT2D eigenvalue weighted by atomic mass is 16.1. The van der Waals surface area contributed by atoms with Crippen LogP contribution in [0.2, 0.25) is 0 Å². The number of Topliss-reactive ketones (excluding diaryl/α,β-unsaturated/α-hetero) is 3. The van der Waals surface area contributed by atoms with Crippen LogP contribution in [0.1, 0.15) is 94.9 Å². The molecule has 0 N–H and O–H groups in total. The van der Waals surface area contributed by atoms with Crippen LogP contribution in [0.15, 0.2) is 23.3 Å². The molecule has 0 heterocycles. The molecule has 2 unspecified atom stereocenters. The molecule has 0 aliphatic heterocycles. The van der Waals surface area contributed by atoms with E-state index in [0.29, 0.717) is 0 Å². The van der Waals surface area contributed by atoms with Crippen LogP contribution < -0.4 is 0 Å². The highest BCUT2D eigenvalue weighted by molar-refractivity contribution is 5.72. The van der Waals surface area contributed by atoms with Crippen molar-refractivity contribution in [2.75, 3.05) is 0 Å². The lowest BCUT2D eigenvalue weighted by Gasteiger charge is -1.95. The number of ketones is 3. The zero-order chi connectivity index (χ0) is 21.3. The van der Waals surface area contributed by atoms with Gasteiger partial charge in [0.25, 0.3) is 0 Å². The minimum atomic E-state index is 0.167. The molecule has 2 aliphatic carbocycles. The molecule has 0 bridgehead atoms. The quantitative estimate of drug-likeness (QED) is 0.459. The summed E-state index contributed by atoms with van der Waals surface area (Å²) < 4.78 is 0. The maximum Gasteiger partial charge on any atom is 0.126 e. The number of carbonyl (C=O) groups is 3. The smallest absolute Gasteiger partial charge is 0.126 e. The highest BCUT2D eigenvalue weighted by Crippen LogP contribution is 2.23. The van der Waals surface area contributed by atoms with Crippen LogP contribution >= 0.6 is 0 Å². The molecular formula is C23H42O3. The maximum absolute atomic E-state index is 9.44. The molecule has 0 aromatic heterocycles. The second-order valence-electron chi connectivity index (χ2n) is 7.92. The predicted molar refractivity (Wildman–Crippen MR) is 113 cm³/mol. The van der Waals surface area contributed by atoms with Crippen molar-refractivity contribution in [1.29, 1.82) is 0 Å². The molecule has 0 radical (unpaired) electrons. The Balaban J connectivity index is -0.000000264. The third-order valence-corrected chi connectivity index (χ3v) is 3.08. The molecule has 152 valence electrons. The Kier molecular flexibility index (Phi) is 20.6. The largest absolute Gasteiger partial charge is 0.300 e. The van der Waals surface area contributed by atoms with Crippen molar-refractivity contribution in [2.24, 2.45) is 11.8 Å². The molecule has 26 heavy (non-hydrogen) atoms. The van der Waals surface area contributed by atoms with Crippen LogP contribution in [0.5, 0.6) is 0 Å². The van der Waals surface area contributed by atoms with Gasteiger partial charge in [-0.25, -0.2) is 0 Å². The number of carbonyl (C=O) groups excluding carboxylic acids is 3. The van der Waals surface area contributed by atoms with Gasteiger partial charge in [0, 0.05) is 0 Å². The zero-order valence-corrected chi connectivity index (χ0v) is 18.9. The molecule has 3 nitrogen and oxygen atoms in total. The van der Waals surface area contributed by atoms with E-state index in [2.05, 4.69) is 39.8 Å². The summed E-state index contributed by atoms with van der Waals surface area (Å²) in [5.41, 5.74) is 3.15. The van der Waals surface area contributed by atoms with E-state index < -0.39 is 0 Å². The molecule has 0 fully saturated rings. The second kappa shape index (κ2) is 18.3. The SMILES string of the molecule is CC(C)=O.CC(C)=O.CC(C)=O.CC1=CCC(C)C1.CC1=CCC(C)C1. The van der Waals surface area contributed by atoms with Crippen molar-refractivity contribution >= 4 is 17.3 Å². The fraction of sp³-hybridized carbons (Fsp3) is 0.696. The van der Waals surface area contributed by atoms with Gasteiger partial charge in [-0.3, -0.25) is 0 Å². The Bertz CT molecular complexity index is 403. The lowest BCUT2D eigenvalue weighted by atomic mass is 10.1. The Labute approximate surface area is 162 Å². The third kappa shape index (κ3) is 38.2. The van der Waals surface area contributed by atoms with Gasteiger partial charge in [-0.15, -0.1) is 0 Å². The first kappa shape index (κ1) is 29.3. The Morgan fingerprint density at radius 3 is 0.885 bits per heavy atom. The van der Waals surface area contributed by atoms with Gasteiger partial charge in [-0.05, 0) is 92.9 Å². The Hall–Kier alpha value is -1.51. The second-order valence-corrected chi connectivity index (χ2v) is 7.92. The van der Waals surface area contributed by atoms with Crippen molar-refractivity contribution in [3.63, 3.8) is 0 Å². The number of rotatable bonds is 0. The normalized spacial score (nSPS) is 19.5. The number of allylic oxidation sites excluding steroid dienone is 4. The molecular weight excluding hydrogens is 324 g/mol. The van der Waals surface area contributed by atoms with Gasteiger partial charge in [0.2, 0.25) is 0 Å².